The quantitative estimate of drug-likeness (QED) is 0.727. The number of sulfonamides is 1. The molecule has 0 unspecified atom stereocenters. The number of likely N-dealkylation sites (tertiary alicyclic amines) is 1. The molecule has 0 spiro atoms. The summed E-state index contributed by atoms with van der Waals surface area (Å²) in [6.45, 7) is 11.0. The molecule has 7 heteroatoms. The monoisotopic (exact) mass is 455 g/mol. The van der Waals surface area contributed by atoms with Crippen LogP contribution in [-0.2, 0) is 27.8 Å². The maximum Gasteiger partial charge on any atom is 0.241 e. The fraction of sp³-hybridized carbons (Fsp3) is 0.480. The zero-order chi connectivity index (χ0) is 23.0. The van der Waals surface area contributed by atoms with Gasteiger partial charge >= 0.3 is 0 Å². The number of hydrogen-bond donors (Lipinski definition) is 1. The van der Waals surface area contributed by atoms with E-state index in [0.717, 1.165) is 54.9 Å². The van der Waals surface area contributed by atoms with Gasteiger partial charge in [-0.3, -0.25) is 9.69 Å². The molecule has 2 aromatic carbocycles. The van der Waals surface area contributed by atoms with Crippen molar-refractivity contribution >= 4 is 15.9 Å². The summed E-state index contributed by atoms with van der Waals surface area (Å²) in [7, 11) is -3.66. The second-order valence-electron chi connectivity index (χ2n) is 9.18. The normalized spacial score (nSPS) is 17.2. The first-order valence-corrected chi connectivity index (χ1v) is 12.8. The van der Waals surface area contributed by atoms with Gasteiger partial charge in [0, 0.05) is 45.2 Å². The van der Waals surface area contributed by atoms with E-state index in [-0.39, 0.29) is 18.9 Å². The topological polar surface area (TPSA) is 69.7 Å². The average molecular weight is 456 g/mol. The Kier molecular flexibility index (Phi) is 6.43. The van der Waals surface area contributed by atoms with E-state index in [0.29, 0.717) is 10.9 Å². The zero-order valence-electron chi connectivity index (χ0n) is 19.4. The third-order valence-electron chi connectivity index (χ3n) is 7.09. The minimum absolute atomic E-state index is 0.00947. The molecule has 0 aromatic heterocycles. The van der Waals surface area contributed by atoms with Crippen LogP contribution in [0.4, 0.5) is 0 Å². The van der Waals surface area contributed by atoms with E-state index < -0.39 is 10.0 Å². The van der Waals surface area contributed by atoms with Gasteiger partial charge in [0.05, 0.1) is 4.90 Å². The highest BCUT2D eigenvalue weighted by Gasteiger charge is 2.35. The average Bonchev–Trinajstić information content (AvgIpc) is 2.71. The van der Waals surface area contributed by atoms with Crippen molar-refractivity contribution in [2.24, 2.45) is 0 Å². The summed E-state index contributed by atoms with van der Waals surface area (Å²) in [5, 5.41) is 0. The predicted molar refractivity (Wildman–Crippen MR) is 126 cm³/mol. The molecule has 32 heavy (non-hydrogen) atoms. The van der Waals surface area contributed by atoms with Gasteiger partial charge < -0.3 is 4.90 Å². The van der Waals surface area contributed by atoms with Crippen LogP contribution in [-0.4, -0.2) is 56.3 Å². The maximum atomic E-state index is 12.9. The summed E-state index contributed by atoms with van der Waals surface area (Å²) in [4.78, 5) is 17.2. The van der Waals surface area contributed by atoms with Gasteiger partial charge in [-0.05, 0) is 67.5 Å². The third-order valence-corrected chi connectivity index (χ3v) is 8.82. The molecule has 1 N–H and O–H groups in total. The van der Waals surface area contributed by atoms with Crippen LogP contribution in [0.5, 0.6) is 0 Å². The Balaban J connectivity index is 1.28. The van der Waals surface area contributed by atoms with Crippen LogP contribution < -0.4 is 4.72 Å². The number of hydrogen-bond acceptors (Lipinski definition) is 4. The minimum atomic E-state index is -3.66. The van der Waals surface area contributed by atoms with Crippen molar-refractivity contribution in [1.82, 2.24) is 14.5 Å². The van der Waals surface area contributed by atoms with Crippen LogP contribution in [0.25, 0.3) is 0 Å². The smallest absolute Gasteiger partial charge is 0.241 e. The molecule has 0 atom stereocenters. The van der Waals surface area contributed by atoms with Gasteiger partial charge in [0.15, 0.2) is 0 Å². The number of carbonyl (C=O) groups excluding carboxylic acids is 1. The van der Waals surface area contributed by atoms with Gasteiger partial charge in [-0.2, -0.15) is 0 Å². The SMILES string of the molecule is Cc1cc(C)c(C)c(S(=O)(=O)NCCC(=O)N2CC(N3CCc4ccccc4C3)C2)c1C. The molecule has 1 fully saturated rings. The van der Waals surface area contributed by atoms with E-state index in [4.69, 9.17) is 0 Å². The third kappa shape index (κ3) is 4.47. The highest BCUT2D eigenvalue weighted by atomic mass is 32.2. The lowest BCUT2D eigenvalue weighted by molar-refractivity contribution is -0.138. The first-order chi connectivity index (χ1) is 15.2. The summed E-state index contributed by atoms with van der Waals surface area (Å²) in [6, 6.07) is 11.0. The van der Waals surface area contributed by atoms with Gasteiger partial charge in [0.25, 0.3) is 0 Å². The molecule has 0 saturated carbocycles. The molecule has 0 bridgehead atoms. The number of carbonyl (C=O) groups is 1. The molecule has 0 aliphatic carbocycles. The molecular formula is C25H33N3O3S. The van der Waals surface area contributed by atoms with Crippen molar-refractivity contribution < 1.29 is 13.2 Å². The maximum absolute atomic E-state index is 12.9. The molecule has 0 radical (unpaired) electrons. The van der Waals surface area contributed by atoms with Crippen molar-refractivity contribution in [2.75, 3.05) is 26.2 Å². The van der Waals surface area contributed by atoms with Gasteiger partial charge in [-0.15, -0.1) is 0 Å². The summed E-state index contributed by atoms with van der Waals surface area (Å²) in [6.07, 6.45) is 1.23. The highest BCUT2D eigenvalue weighted by molar-refractivity contribution is 7.89. The fourth-order valence-corrected chi connectivity index (χ4v) is 6.47. The summed E-state index contributed by atoms with van der Waals surface area (Å²) in [5.74, 6) is 0.00947. The van der Waals surface area contributed by atoms with Crippen LogP contribution in [0.2, 0.25) is 0 Å². The van der Waals surface area contributed by atoms with Crippen LogP contribution in [0.1, 0.15) is 39.8 Å². The lowest BCUT2D eigenvalue weighted by Crippen LogP contribution is -2.61. The first-order valence-electron chi connectivity index (χ1n) is 11.3. The Labute approximate surface area is 191 Å². The summed E-state index contributed by atoms with van der Waals surface area (Å²) >= 11 is 0. The molecule has 6 nitrogen and oxygen atoms in total. The molecule has 2 aliphatic heterocycles. The Bertz CT molecular complexity index is 1110. The van der Waals surface area contributed by atoms with Crippen LogP contribution in [0.15, 0.2) is 35.2 Å². The van der Waals surface area contributed by atoms with Crippen LogP contribution >= 0.6 is 0 Å². The van der Waals surface area contributed by atoms with Gasteiger partial charge in [-0.1, -0.05) is 30.3 Å². The van der Waals surface area contributed by atoms with Crippen molar-refractivity contribution in [3.8, 4) is 0 Å². The van der Waals surface area contributed by atoms with E-state index in [1.807, 2.05) is 38.7 Å². The standard InChI is InChI=1S/C25H33N3O3S/c1-17-13-18(2)20(4)25(19(17)3)32(30,31)26-11-9-24(29)28-15-23(16-28)27-12-10-21-7-5-6-8-22(21)14-27/h5-8,13,23,26H,9-12,14-16H2,1-4H3. The molecule has 2 heterocycles. The largest absolute Gasteiger partial charge is 0.339 e. The fourth-order valence-electron chi connectivity index (χ4n) is 4.83. The second kappa shape index (κ2) is 8.96. The Morgan fingerprint density at radius 3 is 2.31 bits per heavy atom. The number of amides is 1. The Hall–Kier alpha value is -2.22. The zero-order valence-corrected chi connectivity index (χ0v) is 20.3. The van der Waals surface area contributed by atoms with Gasteiger partial charge in [0.2, 0.25) is 15.9 Å². The van der Waals surface area contributed by atoms with Gasteiger partial charge in [0.1, 0.15) is 0 Å². The van der Waals surface area contributed by atoms with Crippen LogP contribution in [0, 0.1) is 27.7 Å². The molecule has 1 amide bonds. The summed E-state index contributed by atoms with van der Waals surface area (Å²) in [5.41, 5.74) is 6.25. The number of aryl methyl sites for hydroxylation is 2. The Morgan fingerprint density at radius 2 is 1.66 bits per heavy atom. The van der Waals surface area contributed by atoms with Gasteiger partial charge in [-0.25, -0.2) is 13.1 Å². The molecule has 172 valence electrons. The van der Waals surface area contributed by atoms with E-state index in [2.05, 4.69) is 33.9 Å². The lowest BCUT2D eigenvalue weighted by Gasteiger charge is -2.47. The molecule has 4 rings (SSSR count). The van der Waals surface area contributed by atoms with Crippen molar-refractivity contribution in [2.45, 2.75) is 58.0 Å². The summed E-state index contributed by atoms with van der Waals surface area (Å²) < 4.78 is 28.5. The molecule has 2 aliphatic rings. The van der Waals surface area contributed by atoms with Crippen LogP contribution in [0.3, 0.4) is 0 Å². The van der Waals surface area contributed by atoms with E-state index in [1.165, 1.54) is 11.1 Å². The first kappa shape index (κ1) is 23.0. The van der Waals surface area contributed by atoms with E-state index >= 15 is 0 Å². The van der Waals surface area contributed by atoms with Crippen molar-refractivity contribution in [3.05, 3.63) is 63.7 Å². The molecule has 2 aromatic rings. The second-order valence-corrected chi connectivity index (χ2v) is 10.9. The highest BCUT2D eigenvalue weighted by Crippen LogP contribution is 2.27. The van der Waals surface area contributed by atoms with E-state index in [9.17, 15) is 13.2 Å². The number of nitrogens with one attached hydrogen (secondary N) is 1. The van der Waals surface area contributed by atoms with Crippen molar-refractivity contribution in [1.29, 1.82) is 0 Å². The molecule has 1 saturated heterocycles. The Morgan fingerprint density at radius 1 is 1.03 bits per heavy atom. The number of benzene rings is 2. The number of nitrogens with zero attached hydrogens (tertiary/aromatic N) is 2. The number of fused-ring (bicyclic) bond motifs is 1. The predicted octanol–water partition coefficient (Wildman–Crippen LogP) is 2.86. The number of rotatable bonds is 6. The van der Waals surface area contributed by atoms with E-state index in [1.54, 1.807) is 0 Å². The lowest BCUT2D eigenvalue weighted by atomic mass is 9.96. The molecular weight excluding hydrogens is 422 g/mol. The minimum Gasteiger partial charge on any atom is -0.339 e. The van der Waals surface area contributed by atoms with Crippen molar-refractivity contribution in [3.63, 3.8) is 0 Å².